The van der Waals surface area contributed by atoms with E-state index in [0.717, 1.165) is 17.8 Å². The van der Waals surface area contributed by atoms with Crippen LogP contribution in [-0.2, 0) is 10.8 Å². The molecule has 0 saturated carbocycles. The van der Waals surface area contributed by atoms with Gasteiger partial charge in [0.05, 0.1) is 23.6 Å². The molecule has 1 atom stereocenters. The Balaban J connectivity index is 1.67. The summed E-state index contributed by atoms with van der Waals surface area (Å²) in [5.41, 5.74) is 7.13. The molecule has 0 amide bonds. The van der Waals surface area contributed by atoms with Gasteiger partial charge in [-0.25, -0.2) is 14.0 Å². The van der Waals surface area contributed by atoms with Gasteiger partial charge in [-0.15, -0.1) is 0 Å². The van der Waals surface area contributed by atoms with E-state index in [9.17, 15) is 0 Å². The summed E-state index contributed by atoms with van der Waals surface area (Å²) in [5.74, 6) is 0.727. The first-order valence-electron chi connectivity index (χ1n) is 11.3. The van der Waals surface area contributed by atoms with Crippen molar-refractivity contribution in [1.29, 1.82) is 0 Å². The van der Waals surface area contributed by atoms with Crippen molar-refractivity contribution in [2.75, 3.05) is 0 Å². The maximum absolute atomic E-state index is 4.94. The molecule has 0 aliphatic rings. The first-order valence-corrected chi connectivity index (χ1v) is 11.3. The lowest BCUT2D eigenvalue weighted by atomic mass is 9.76. The third-order valence-corrected chi connectivity index (χ3v) is 6.44. The molecule has 0 aromatic carbocycles. The van der Waals surface area contributed by atoms with Gasteiger partial charge in [0.15, 0.2) is 5.65 Å². The van der Waals surface area contributed by atoms with Crippen LogP contribution < -0.4 is 0 Å². The summed E-state index contributed by atoms with van der Waals surface area (Å²) >= 11 is 0. The normalized spacial score (nSPS) is 14.1. The van der Waals surface area contributed by atoms with Crippen molar-refractivity contribution >= 4 is 11.2 Å². The van der Waals surface area contributed by atoms with Crippen molar-refractivity contribution in [3.8, 4) is 0 Å². The lowest BCUT2D eigenvalue weighted by molar-refractivity contribution is 0.440. The fourth-order valence-corrected chi connectivity index (χ4v) is 4.60. The number of hydrogen-bond donors (Lipinski definition) is 0. The molecule has 0 saturated heterocycles. The zero-order chi connectivity index (χ0) is 22.6. The van der Waals surface area contributed by atoms with Crippen LogP contribution in [0.3, 0.4) is 0 Å². The third-order valence-electron chi connectivity index (χ3n) is 6.44. The van der Waals surface area contributed by atoms with E-state index in [1.54, 1.807) is 0 Å². The summed E-state index contributed by atoms with van der Waals surface area (Å²) < 4.78 is 3.89. The van der Waals surface area contributed by atoms with Gasteiger partial charge in [0, 0.05) is 18.0 Å². The maximum Gasteiger partial charge on any atom is 0.157 e. The first-order chi connectivity index (χ1) is 14.5. The lowest BCUT2D eigenvalue weighted by Gasteiger charge is -2.28. The van der Waals surface area contributed by atoms with Gasteiger partial charge in [-0.3, -0.25) is 0 Å². The molecule has 0 bridgehead atoms. The van der Waals surface area contributed by atoms with Crippen LogP contribution in [0.4, 0.5) is 0 Å². The quantitative estimate of drug-likeness (QED) is 0.384. The highest BCUT2D eigenvalue weighted by molar-refractivity contribution is 5.59. The van der Waals surface area contributed by atoms with E-state index in [1.807, 2.05) is 27.6 Å². The lowest BCUT2D eigenvalue weighted by Crippen LogP contribution is -2.21. The molecule has 1 unspecified atom stereocenters. The van der Waals surface area contributed by atoms with Gasteiger partial charge in [0.25, 0.3) is 0 Å². The largest absolute Gasteiger partial charge is 0.241 e. The van der Waals surface area contributed by atoms with E-state index in [1.165, 1.54) is 22.2 Å². The van der Waals surface area contributed by atoms with E-state index in [0.29, 0.717) is 11.8 Å². The van der Waals surface area contributed by atoms with Crippen molar-refractivity contribution in [1.82, 2.24) is 24.2 Å². The minimum absolute atomic E-state index is 0.0422. The Bertz CT molecular complexity index is 1220. The highest BCUT2D eigenvalue weighted by Crippen LogP contribution is 2.37. The fourth-order valence-electron chi connectivity index (χ4n) is 4.60. The Kier molecular flexibility index (Phi) is 5.19. The van der Waals surface area contributed by atoms with E-state index in [2.05, 4.69) is 84.9 Å². The summed E-state index contributed by atoms with van der Waals surface area (Å²) in [4.78, 5) is 4.94. The van der Waals surface area contributed by atoms with Gasteiger partial charge in [-0.2, -0.15) is 10.2 Å². The second-order valence-corrected chi connectivity index (χ2v) is 10.9. The molecule has 4 heterocycles. The molecule has 5 heteroatoms. The van der Waals surface area contributed by atoms with Crippen LogP contribution in [0.15, 0.2) is 43.0 Å². The number of rotatable bonds is 5. The summed E-state index contributed by atoms with van der Waals surface area (Å²) in [6.45, 7) is 18.0. The summed E-state index contributed by atoms with van der Waals surface area (Å²) in [5, 5.41) is 9.28. The molecule has 4 aromatic heterocycles. The van der Waals surface area contributed by atoms with Crippen LogP contribution in [0.25, 0.3) is 11.2 Å². The number of hydrogen-bond acceptors (Lipinski definition) is 3. The molecule has 4 aromatic rings. The zero-order valence-electron chi connectivity index (χ0n) is 20.1. The third kappa shape index (κ3) is 3.98. The molecule has 0 N–H and O–H groups in total. The van der Waals surface area contributed by atoms with Crippen molar-refractivity contribution in [2.45, 2.75) is 84.5 Å². The van der Waals surface area contributed by atoms with Crippen LogP contribution in [0, 0.1) is 0 Å². The molecule has 164 valence electrons. The number of aromatic nitrogens is 5. The Labute approximate surface area is 185 Å². The van der Waals surface area contributed by atoms with Gasteiger partial charge in [-0.05, 0) is 58.4 Å². The first kappa shape index (κ1) is 21.5. The molecular formula is C26H35N5. The monoisotopic (exact) mass is 417 g/mol. The summed E-state index contributed by atoms with van der Waals surface area (Å²) in [6.07, 6.45) is 8.99. The van der Waals surface area contributed by atoms with E-state index >= 15 is 0 Å². The van der Waals surface area contributed by atoms with Crippen molar-refractivity contribution < 1.29 is 0 Å². The highest BCUT2D eigenvalue weighted by Gasteiger charge is 2.28. The second kappa shape index (κ2) is 7.47. The summed E-state index contributed by atoms with van der Waals surface area (Å²) in [6, 6.07) is 6.69. The van der Waals surface area contributed by atoms with Gasteiger partial charge in [-0.1, -0.05) is 55.4 Å². The zero-order valence-corrected chi connectivity index (χ0v) is 20.1. The Morgan fingerprint density at radius 3 is 2.19 bits per heavy atom. The maximum atomic E-state index is 4.94. The van der Waals surface area contributed by atoms with Crippen LogP contribution in [0.5, 0.6) is 0 Å². The van der Waals surface area contributed by atoms with Gasteiger partial charge in [0.2, 0.25) is 0 Å². The molecule has 0 aliphatic heterocycles. The van der Waals surface area contributed by atoms with E-state index < -0.39 is 0 Å². The Morgan fingerprint density at radius 2 is 1.52 bits per heavy atom. The molecule has 0 spiro atoms. The van der Waals surface area contributed by atoms with Crippen molar-refractivity contribution in [3.63, 3.8) is 0 Å². The Hall–Kier alpha value is -2.69. The van der Waals surface area contributed by atoms with Crippen LogP contribution in [-0.4, -0.2) is 24.2 Å². The van der Waals surface area contributed by atoms with Gasteiger partial charge < -0.3 is 0 Å². The number of nitrogens with zero attached hydrogens (tertiary/aromatic N) is 5. The van der Waals surface area contributed by atoms with Gasteiger partial charge >= 0.3 is 0 Å². The SMILES string of the molecule is CC(C)c1cnn2ccc(C(C)(C)CC(C)c3cnn4ccc(C(C)(C)C)c4c3)c2n1. The smallest absolute Gasteiger partial charge is 0.157 e. The Morgan fingerprint density at radius 1 is 0.871 bits per heavy atom. The molecule has 31 heavy (non-hydrogen) atoms. The fraction of sp³-hybridized carbons (Fsp3) is 0.500. The topological polar surface area (TPSA) is 47.5 Å². The molecule has 0 radical (unpaired) electrons. The van der Waals surface area contributed by atoms with E-state index in [4.69, 9.17) is 10.1 Å². The number of fused-ring (bicyclic) bond motifs is 2. The van der Waals surface area contributed by atoms with E-state index in [-0.39, 0.29) is 10.8 Å². The van der Waals surface area contributed by atoms with Crippen LogP contribution in [0.1, 0.15) is 96.0 Å². The average Bonchev–Trinajstić information content (AvgIpc) is 3.30. The van der Waals surface area contributed by atoms with Crippen LogP contribution >= 0.6 is 0 Å². The second-order valence-electron chi connectivity index (χ2n) is 10.9. The summed E-state index contributed by atoms with van der Waals surface area (Å²) in [7, 11) is 0. The standard InChI is InChI=1S/C26H35N5/c1-17(2)22-16-28-31-12-10-21(24(31)29-22)26(7,8)14-18(3)19-13-23-20(25(4,5)6)9-11-30(23)27-15-19/h9-13,15-18H,14H2,1-8H3. The van der Waals surface area contributed by atoms with Crippen LogP contribution in [0.2, 0.25) is 0 Å². The molecular weight excluding hydrogens is 382 g/mol. The molecule has 5 nitrogen and oxygen atoms in total. The minimum atomic E-state index is -0.0422. The average molecular weight is 418 g/mol. The molecule has 4 rings (SSSR count). The minimum Gasteiger partial charge on any atom is -0.241 e. The predicted molar refractivity (Wildman–Crippen MR) is 127 cm³/mol. The van der Waals surface area contributed by atoms with Crippen molar-refractivity contribution in [3.05, 3.63) is 65.4 Å². The predicted octanol–water partition coefficient (Wildman–Crippen LogP) is 6.27. The highest BCUT2D eigenvalue weighted by atomic mass is 15.2. The van der Waals surface area contributed by atoms with Crippen molar-refractivity contribution in [2.24, 2.45) is 0 Å². The molecule has 0 fully saturated rings. The molecule has 0 aliphatic carbocycles. The van der Waals surface area contributed by atoms with Gasteiger partial charge in [0.1, 0.15) is 0 Å².